The van der Waals surface area contributed by atoms with Crippen LogP contribution in [0, 0.1) is 0 Å². The van der Waals surface area contributed by atoms with E-state index in [0.717, 1.165) is 0 Å². The fourth-order valence-corrected chi connectivity index (χ4v) is 0.766. The molecule has 3 nitrogen and oxygen atoms in total. The summed E-state index contributed by atoms with van der Waals surface area (Å²) < 4.78 is 7.26. The monoisotopic (exact) mass is 151 g/mol. The predicted octanol–water partition coefficient (Wildman–Crippen LogP) is 1.23. The first-order valence-corrected chi connectivity index (χ1v) is 3.23. The Morgan fingerprint density at radius 3 is 3.09 bits per heavy atom. The maximum atomic E-state index is 10.6. The number of rotatable bonds is 1. The van der Waals surface area contributed by atoms with E-state index >= 15 is 0 Å². The summed E-state index contributed by atoms with van der Waals surface area (Å²) in [6, 6.07) is 5.01. The molecule has 0 aromatic heterocycles. The van der Waals surface area contributed by atoms with Crippen molar-refractivity contribution in [2.24, 2.45) is 0 Å². The highest BCUT2D eigenvalue weighted by Gasteiger charge is 1.93. The van der Waals surface area contributed by atoms with Crippen LogP contribution in [-0.4, -0.2) is 5.91 Å². The predicted molar refractivity (Wildman–Crippen MR) is 45.2 cm³/mol. The molecule has 1 amide bonds. The van der Waals surface area contributed by atoms with Crippen LogP contribution >= 0.6 is 0 Å². The Kier molecular flexibility index (Phi) is 1.73. The molecule has 0 aliphatic carbocycles. The second kappa shape index (κ2) is 3.05. The second-order valence-electron chi connectivity index (χ2n) is 2.21. The third-order valence-electron chi connectivity index (χ3n) is 1.14. The number of nitrogens with two attached hydrogens (primary N) is 1. The normalized spacial score (nSPS) is 10.5. The summed E-state index contributed by atoms with van der Waals surface area (Å²) in [5.41, 5.74) is 6.44. The lowest BCUT2D eigenvalue weighted by Crippen LogP contribution is -2.05. The number of carbonyl (C=O) groups excluding carboxylic acids is 1. The van der Waals surface area contributed by atoms with Crippen molar-refractivity contribution in [2.75, 3.05) is 11.1 Å². The van der Waals surface area contributed by atoms with Crippen LogP contribution in [0.1, 0.15) is 8.29 Å². The molecule has 3 heteroatoms. The number of carbonyl (C=O) groups is 1. The van der Waals surface area contributed by atoms with Gasteiger partial charge in [-0.2, -0.15) is 0 Å². The van der Waals surface area contributed by atoms with Crippen LogP contribution in [0.15, 0.2) is 24.2 Å². The van der Waals surface area contributed by atoms with E-state index in [4.69, 9.17) is 7.10 Å². The van der Waals surface area contributed by atoms with Gasteiger partial charge >= 0.3 is 0 Å². The molecule has 11 heavy (non-hydrogen) atoms. The Morgan fingerprint density at radius 1 is 1.82 bits per heavy atom. The number of benzene rings is 1. The minimum absolute atomic E-state index is 0.146. The Labute approximate surface area is 66.6 Å². The van der Waals surface area contributed by atoms with Crippen molar-refractivity contribution in [3.8, 4) is 0 Å². The molecular formula is C8H10N2O. The first-order chi connectivity index (χ1) is 5.59. The molecule has 0 radical (unpaired) electrons. The van der Waals surface area contributed by atoms with Crippen LogP contribution in [0.3, 0.4) is 0 Å². The molecular weight excluding hydrogens is 140 g/mol. The van der Waals surface area contributed by atoms with E-state index in [2.05, 4.69) is 5.32 Å². The molecule has 3 N–H and O–H groups in total. The van der Waals surface area contributed by atoms with Crippen LogP contribution in [0.4, 0.5) is 11.4 Å². The molecule has 1 rings (SSSR count). The molecule has 0 heterocycles. The Bertz CT molecular complexity index is 312. The van der Waals surface area contributed by atoms with Crippen molar-refractivity contribution < 1.29 is 6.17 Å². The van der Waals surface area contributed by atoms with Gasteiger partial charge in [-0.05, 0) is 18.2 Å². The Balaban J connectivity index is 2.89. The molecule has 0 bridgehead atoms. The quantitative estimate of drug-likeness (QED) is 0.593. The van der Waals surface area contributed by atoms with Gasteiger partial charge in [0.05, 0.1) is 1.37 Å². The number of amides is 1. The molecule has 0 saturated carbocycles. The van der Waals surface area contributed by atoms with Gasteiger partial charge in [0.25, 0.3) is 0 Å². The zero-order chi connectivity index (χ0) is 9.14. The van der Waals surface area contributed by atoms with Crippen molar-refractivity contribution in [1.29, 1.82) is 0 Å². The lowest BCUT2D eigenvalue weighted by molar-refractivity contribution is -0.114. The molecule has 1 aromatic carbocycles. The molecule has 0 saturated heterocycles. The van der Waals surface area contributed by atoms with Crippen LogP contribution in [-0.2, 0) is 4.79 Å². The highest BCUT2D eigenvalue weighted by atomic mass is 16.1. The number of anilines is 2. The summed E-state index contributed by atoms with van der Waals surface area (Å²) in [6.07, 6.45) is 0. The summed E-state index contributed by atoms with van der Waals surface area (Å²) in [5.74, 6) is -0.146. The largest absolute Gasteiger partial charge is 0.399 e. The minimum atomic E-state index is -0.146. The molecule has 0 unspecified atom stereocenters. The number of hydrogen-bond acceptors (Lipinski definition) is 2. The summed E-state index contributed by atoms with van der Waals surface area (Å²) in [7, 11) is 0. The van der Waals surface area contributed by atoms with Gasteiger partial charge in [-0.3, -0.25) is 4.79 Å². The lowest BCUT2D eigenvalue weighted by atomic mass is 10.3. The lowest BCUT2D eigenvalue weighted by Gasteiger charge is -2.01. The van der Waals surface area contributed by atoms with Gasteiger partial charge in [0.1, 0.15) is 0 Å². The SMILES string of the molecule is [2H]c1ccc(NC(C)=O)cc1N. The van der Waals surface area contributed by atoms with E-state index < -0.39 is 0 Å². The Hall–Kier alpha value is -1.51. The van der Waals surface area contributed by atoms with Crippen LogP contribution in [0.2, 0.25) is 0 Å². The molecule has 0 aliphatic heterocycles. The van der Waals surface area contributed by atoms with Gasteiger partial charge in [-0.1, -0.05) is 6.07 Å². The highest BCUT2D eigenvalue weighted by molar-refractivity contribution is 5.89. The molecule has 0 atom stereocenters. The number of nitrogens with one attached hydrogen (secondary N) is 1. The molecule has 58 valence electrons. The van der Waals surface area contributed by atoms with Crippen molar-refractivity contribution in [1.82, 2.24) is 0 Å². The van der Waals surface area contributed by atoms with E-state index in [1.54, 1.807) is 18.2 Å². The van der Waals surface area contributed by atoms with E-state index in [9.17, 15) is 4.79 Å². The maximum Gasteiger partial charge on any atom is 0.221 e. The number of hydrogen-bond donors (Lipinski definition) is 2. The van der Waals surface area contributed by atoms with E-state index in [1.165, 1.54) is 6.92 Å². The fraction of sp³-hybridized carbons (Fsp3) is 0.125. The third kappa shape index (κ3) is 2.29. The average Bonchev–Trinajstić information content (AvgIpc) is 1.96. The van der Waals surface area contributed by atoms with Crippen LogP contribution < -0.4 is 11.1 Å². The van der Waals surface area contributed by atoms with E-state index in [1.807, 2.05) is 0 Å². The maximum absolute atomic E-state index is 10.6. The van der Waals surface area contributed by atoms with Gasteiger partial charge < -0.3 is 11.1 Å². The van der Waals surface area contributed by atoms with Crippen LogP contribution in [0.25, 0.3) is 0 Å². The topological polar surface area (TPSA) is 55.1 Å². The second-order valence-corrected chi connectivity index (χ2v) is 2.21. The van der Waals surface area contributed by atoms with Gasteiger partial charge in [0.15, 0.2) is 0 Å². The molecule has 0 fully saturated rings. The average molecular weight is 151 g/mol. The van der Waals surface area contributed by atoms with Crippen LogP contribution in [0.5, 0.6) is 0 Å². The van der Waals surface area contributed by atoms with Crippen molar-refractivity contribution in [3.63, 3.8) is 0 Å². The fourth-order valence-electron chi connectivity index (χ4n) is 0.766. The first-order valence-electron chi connectivity index (χ1n) is 3.73. The van der Waals surface area contributed by atoms with E-state index in [0.29, 0.717) is 11.4 Å². The minimum Gasteiger partial charge on any atom is -0.399 e. The summed E-state index contributed by atoms with van der Waals surface area (Å²) in [5, 5.41) is 2.57. The molecule has 0 aliphatic rings. The van der Waals surface area contributed by atoms with Gasteiger partial charge in [-0.15, -0.1) is 0 Å². The first kappa shape index (κ1) is 6.22. The summed E-state index contributed by atoms with van der Waals surface area (Å²) >= 11 is 0. The van der Waals surface area contributed by atoms with Gasteiger partial charge in [-0.25, -0.2) is 0 Å². The smallest absolute Gasteiger partial charge is 0.221 e. The zero-order valence-corrected chi connectivity index (χ0v) is 6.22. The highest BCUT2D eigenvalue weighted by Crippen LogP contribution is 2.10. The van der Waals surface area contributed by atoms with Gasteiger partial charge in [0, 0.05) is 18.3 Å². The summed E-state index contributed by atoms with van der Waals surface area (Å²) in [4.78, 5) is 10.6. The molecule has 0 spiro atoms. The van der Waals surface area contributed by atoms with Gasteiger partial charge in [0.2, 0.25) is 5.91 Å². The van der Waals surface area contributed by atoms with Crippen molar-refractivity contribution >= 4 is 17.3 Å². The number of nitrogen functional groups attached to an aromatic ring is 1. The van der Waals surface area contributed by atoms with Crippen molar-refractivity contribution in [2.45, 2.75) is 6.92 Å². The third-order valence-corrected chi connectivity index (χ3v) is 1.14. The van der Waals surface area contributed by atoms with Crippen molar-refractivity contribution in [3.05, 3.63) is 24.2 Å². The zero-order valence-electron chi connectivity index (χ0n) is 7.22. The summed E-state index contributed by atoms with van der Waals surface area (Å²) in [6.45, 7) is 1.42. The molecule has 1 aromatic rings. The Morgan fingerprint density at radius 2 is 2.55 bits per heavy atom. The van der Waals surface area contributed by atoms with E-state index in [-0.39, 0.29) is 11.9 Å². The standard InChI is InChI=1S/C8H10N2O/c1-6(11)10-8-4-2-3-7(9)5-8/h2-5H,9H2,1H3,(H,10,11)/i3D.